The van der Waals surface area contributed by atoms with Gasteiger partial charge in [0, 0.05) is 41.5 Å². The van der Waals surface area contributed by atoms with Gasteiger partial charge in [-0.15, -0.1) is 0 Å². The van der Waals surface area contributed by atoms with Crippen LogP contribution in [0.4, 0.5) is 5.69 Å². The monoisotopic (exact) mass is 535 g/mol. The van der Waals surface area contributed by atoms with Crippen molar-refractivity contribution in [1.29, 1.82) is 0 Å². The molecular formula is C38H37N3. The van der Waals surface area contributed by atoms with Gasteiger partial charge in [-0.3, -0.25) is 0 Å². The smallest absolute Gasteiger partial charge is 0.109 e. The molecule has 0 amide bonds. The molecule has 10 rings (SSSR count). The van der Waals surface area contributed by atoms with E-state index in [2.05, 4.69) is 106 Å². The van der Waals surface area contributed by atoms with Crippen LogP contribution in [0.5, 0.6) is 0 Å². The Labute approximate surface area is 242 Å². The summed E-state index contributed by atoms with van der Waals surface area (Å²) in [5.41, 5.74) is 2.93. The van der Waals surface area contributed by atoms with E-state index in [1.165, 1.54) is 101 Å². The van der Waals surface area contributed by atoms with Crippen molar-refractivity contribution in [1.82, 2.24) is 9.47 Å². The standard InChI is InChI=1S/C38H37N3/c1-7-16-33-24(10-1)22-36-39-21-9-18-35(39)38-37(41(33)36)31-15-6-8-17-34(31)40(38)25-19-20-30-28-13-3-2-11-26(28)27-12-4-5-14-29(27)32(30)23-25/h2-5,9,11-14,18-24,31,33-34,37-38H,1,6-8,10,15-17H2. The van der Waals surface area contributed by atoms with E-state index in [0.29, 0.717) is 24.2 Å². The molecule has 0 bridgehead atoms. The maximum absolute atomic E-state index is 2.97. The van der Waals surface area contributed by atoms with Crippen molar-refractivity contribution in [3.63, 3.8) is 0 Å². The molecule has 6 atom stereocenters. The van der Waals surface area contributed by atoms with E-state index in [4.69, 9.17) is 0 Å². The summed E-state index contributed by atoms with van der Waals surface area (Å²) in [5, 5.41) is 8.24. The lowest BCUT2D eigenvalue weighted by atomic mass is 9.79. The third-order valence-corrected chi connectivity index (χ3v) is 11.6. The third kappa shape index (κ3) is 3.00. The van der Waals surface area contributed by atoms with Gasteiger partial charge in [-0.2, -0.15) is 0 Å². The topological polar surface area (TPSA) is 11.4 Å². The Bertz CT molecular complexity index is 1840. The van der Waals surface area contributed by atoms with Crippen LogP contribution in [-0.2, 0) is 0 Å². The van der Waals surface area contributed by atoms with Crippen LogP contribution in [0, 0.1) is 11.8 Å². The van der Waals surface area contributed by atoms with Gasteiger partial charge in [0.05, 0.1) is 12.1 Å². The molecule has 3 aliphatic heterocycles. The summed E-state index contributed by atoms with van der Waals surface area (Å²) < 4.78 is 2.58. The molecule has 3 nitrogen and oxygen atoms in total. The quantitative estimate of drug-likeness (QED) is 0.198. The normalized spacial score (nSPS) is 30.2. The maximum Gasteiger partial charge on any atom is 0.109 e. The lowest BCUT2D eigenvalue weighted by Crippen LogP contribution is -2.51. The fourth-order valence-corrected chi connectivity index (χ4v) is 10.1. The molecule has 5 aromatic rings. The molecule has 204 valence electrons. The number of rotatable bonds is 1. The minimum absolute atomic E-state index is 0.403. The highest BCUT2D eigenvalue weighted by Crippen LogP contribution is 2.57. The van der Waals surface area contributed by atoms with Crippen molar-refractivity contribution < 1.29 is 0 Å². The summed E-state index contributed by atoms with van der Waals surface area (Å²) in [6, 6.07) is 32.5. The Balaban J connectivity index is 1.20. The van der Waals surface area contributed by atoms with Crippen molar-refractivity contribution in [3.05, 3.63) is 96.8 Å². The van der Waals surface area contributed by atoms with E-state index >= 15 is 0 Å². The summed E-state index contributed by atoms with van der Waals surface area (Å²) in [7, 11) is 0. The van der Waals surface area contributed by atoms with Crippen LogP contribution in [0.2, 0.25) is 0 Å². The highest BCUT2D eigenvalue weighted by atomic mass is 15.4. The molecule has 5 aliphatic rings. The second-order valence-corrected chi connectivity index (χ2v) is 13.4. The Morgan fingerprint density at radius 3 is 2.00 bits per heavy atom. The van der Waals surface area contributed by atoms with Crippen molar-refractivity contribution in [2.75, 3.05) is 4.90 Å². The number of anilines is 1. The number of benzene rings is 4. The van der Waals surface area contributed by atoms with Gasteiger partial charge in [-0.1, -0.05) is 80.3 Å². The minimum Gasteiger partial charge on any atom is -0.358 e. The fourth-order valence-electron chi connectivity index (χ4n) is 10.1. The number of nitrogens with zero attached hydrogens (tertiary/aromatic N) is 3. The summed E-state index contributed by atoms with van der Waals surface area (Å²) in [4.78, 5) is 5.88. The van der Waals surface area contributed by atoms with Gasteiger partial charge < -0.3 is 14.4 Å². The summed E-state index contributed by atoms with van der Waals surface area (Å²) in [6.07, 6.45) is 15.9. The molecular weight excluding hydrogens is 498 g/mol. The summed E-state index contributed by atoms with van der Waals surface area (Å²) >= 11 is 0. The molecule has 4 aromatic carbocycles. The second kappa shape index (κ2) is 8.41. The van der Waals surface area contributed by atoms with Crippen molar-refractivity contribution in [3.8, 4) is 0 Å². The Kier molecular flexibility index (Phi) is 4.70. The molecule has 41 heavy (non-hydrogen) atoms. The molecule has 4 heterocycles. The Morgan fingerprint density at radius 1 is 0.561 bits per heavy atom. The highest BCUT2D eigenvalue weighted by molar-refractivity contribution is 6.25. The summed E-state index contributed by atoms with van der Waals surface area (Å²) in [6.45, 7) is 0. The van der Waals surface area contributed by atoms with Crippen molar-refractivity contribution in [2.45, 2.75) is 75.5 Å². The van der Waals surface area contributed by atoms with Crippen LogP contribution < -0.4 is 4.90 Å². The van der Waals surface area contributed by atoms with Gasteiger partial charge in [0.1, 0.15) is 5.82 Å². The van der Waals surface area contributed by atoms with Crippen molar-refractivity contribution in [2.24, 2.45) is 11.8 Å². The molecule has 1 saturated heterocycles. The lowest BCUT2D eigenvalue weighted by molar-refractivity contribution is 0.103. The Morgan fingerprint density at radius 2 is 1.22 bits per heavy atom. The van der Waals surface area contributed by atoms with Crippen molar-refractivity contribution >= 4 is 43.8 Å². The second-order valence-electron chi connectivity index (χ2n) is 13.4. The van der Waals surface area contributed by atoms with Crippen LogP contribution in [0.1, 0.15) is 63.1 Å². The molecule has 0 radical (unpaired) electrons. The fraction of sp³-hybridized carbons (Fsp3) is 0.368. The Hall–Kier alpha value is -3.72. The first-order valence-electron chi connectivity index (χ1n) is 16.2. The van der Waals surface area contributed by atoms with E-state index in [9.17, 15) is 0 Å². The van der Waals surface area contributed by atoms with Gasteiger partial charge in [-0.25, -0.2) is 0 Å². The molecule has 0 N–H and O–H groups in total. The zero-order valence-electron chi connectivity index (χ0n) is 23.6. The van der Waals surface area contributed by atoms with Crippen LogP contribution in [-0.4, -0.2) is 27.6 Å². The molecule has 3 fully saturated rings. The molecule has 2 aliphatic carbocycles. The van der Waals surface area contributed by atoms with E-state index < -0.39 is 0 Å². The van der Waals surface area contributed by atoms with Gasteiger partial charge in [0.25, 0.3) is 0 Å². The number of hydrogen-bond acceptors (Lipinski definition) is 2. The predicted octanol–water partition coefficient (Wildman–Crippen LogP) is 9.12. The average molecular weight is 536 g/mol. The molecule has 6 unspecified atom stereocenters. The molecule has 3 heteroatoms. The first-order valence-corrected chi connectivity index (χ1v) is 16.2. The molecule has 1 aromatic heterocycles. The average Bonchev–Trinajstić information content (AvgIpc) is 3.75. The van der Waals surface area contributed by atoms with Gasteiger partial charge in [0.15, 0.2) is 0 Å². The zero-order valence-corrected chi connectivity index (χ0v) is 23.6. The number of aromatic nitrogens is 1. The van der Waals surface area contributed by atoms with E-state index in [1.54, 1.807) is 0 Å². The number of hydrogen-bond donors (Lipinski definition) is 0. The number of fused-ring (bicyclic) bond motifs is 16. The minimum atomic E-state index is 0.403. The van der Waals surface area contributed by atoms with Crippen LogP contribution in [0.25, 0.3) is 38.1 Å². The van der Waals surface area contributed by atoms with E-state index in [0.717, 1.165) is 11.8 Å². The van der Waals surface area contributed by atoms with Crippen LogP contribution in [0.15, 0.2) is 91.1 Å². The van der Waals surface area contributed by atoms with E-state index in [1.807, 2.05) is 0 Å². The lowest BCUT2D eigenvalue weighted by Gasteiger charge is -2.47. The first kappa shape index (κ1) is 22.9. The first-order chi connectivity index (χ1) is 20.4. The summed E-state index contributed by atoms with van der Waals surface area (Å²) in [5.74, 6) is 2.96. The van der Waals surface area contributed by atoms with Crippen LogP contribution >= 0.6 is 0 Å². The predicted molar refractivity (Wildman–Crippen MR) is 170 cm³/mol. The highest BCUT2D eigenvalue weighted by Gasteiger charge is 2.58. The third-order valence-electron chi connectivity index (χ3n) is 11.6. The van der Waals surface area contributed by atoms with Gasteiger partial charge in [-0.05, 0) is 88.3 Å². The molecule has 0 spiro atoms. The SMILES string of the molecule is C1=C2N(C3CCCCC13)C1C3CCCCC3N(c3ccc4c5ccccc5c5ccccc5c4c3)C1c1cccn12. The van der Waals surface area contributed by atoms with Crippen LogP contribution in [0.3, 0.4) is 0 Å². The largest absolute Gasteiger partial charge is 0.358 e. The van der Waals surface area contributed by atoms with Gasteiger partial charge >= 0.3 is 0 Å². The van der Waals surface area contributed by atoms with E-state index in [-0.39, 0.29) is 0 Å². The maximum atomic E-state index is 2.97. The zero-order chi connectivity index (χ0) is 26.7. The van der Waals surface area contributed by atoms with Gasteiger partial charge in [0.2, 0.25) is 0 Å². The molecule has 2 saturated carbocycles.